The zero-order valence-electron chi connectivity index (χ0n) is 12.3. The lowest BCUT2D eigenvalue weighted by Crippen LogP contribution is -2.37. The molecule has 0 radical (unpaired) electrons. The van der Waals surface area contributed by atoms with Gasteiger partial charge >= 0.3 is 0 Å². The molecule has 0 aromatic heterocycles. The van der Waals surface area contributed by atoms with Crippen LogP contribution in [0.15, 0.2) is 24.3 Å². The first-order valence-corrected chi connectivity index (χ1v) is 8.41. The molecule has 3 aliphatic rings. The Morgan fingerprint density at radius 3 is 2.20 bits per heavy atom. The first kappa shape index (κ1) is 12.8. The molecule has 1 unspecified atom stereocenters. The minimum Gasteiger partial charge on any atom is -0.329 e. The average molecular weight is 270 g/mol. The molecule has 0 aliphatic heterocycles. The third-order valence-corrected chi connectivity index (χ3v) is 5.18. The van der Waals surface area contributed by atoms with Gasteiger partial charge in [-0.05, 0) is 61.5 Å². The normalized spacial score (nSPS) is 24.1. The Balaban J connectivity index is 1.51. The number of nitrogens with two attached hydrogens (primary N) is 1. The predicted molar refractivity (Wildman–Crippen MR) is 82.7 cm³/mol. The molecule has 0 heterocycles. The molecule has 1 aromatic rings. The molecule has 0 bridgehead atoms. The van der Waals surface area contributed by atoms with E-state index < -0.39 is 0 Å². The van der Waals surface area contributed by atoms with E-state index >= 15 is 0 Å². The van der Waals surface area contributed by atoms with Crippen LogP contribution >= 0.6 is 0 Å². The standard InChI is InChI=1S/C18H26N2/c19-11-18(20(17-9-10-17)12-13-1-2-13)16-7-5-15(6-8-16)14-3-4-14/h5-8,13-14,17-18H,1-4,9-12,19H2. The van der Waals surface area contributed by atoms with Crippen LogP contribution in [0.2, 0.25) is 0 Å². The van der Waals surface area contributed by atoms with Crippen LogP contribution in [-0.4, -0.2) is 24.0 Å². The maximum Gasteiger partial charge on any atom is 0.0473 e. The number of hydrogen-bond acceptors (Lipinski definition) is 2. The fraction of sp³-hybridized carbons (Fsp3) is 0.667. The van der Waals surface area contributed by atoms with E-state index in [4.69, 9.17) is 5.73 Å². The van der Waals surface area contributed by atoms with E-state index in [1.54, 1.807) is 0 Å². The Morgan fingerprint density at radius 1 is 1.00 bits per heavy atom. The Morgan fingerprint density at radius 2 is 1.70 bits per heavy atom. The van der Waals surface area contributed by atoms with Gasteiger partial charge in [0.25, 0.3) is 0 Å². The topological polar surface area (TPSA) is 29.3 Å². The molecule has 1 aromatic carbocycles. The molecule has 1 atom stereocenters. The molecule has 2 nitrogen and oxygen atoms in total. The van der Waals surface area contributed by atoms with E-state index in [0.29, 0.717) is 6.04 Å². The van der Waals surface area contributed by atoms with E-state index in [0.717, 1.165) is 24.4 Å². The van der Waals surface area contributed by atoms with Crippen molar-refractivity contribution in [1.29, 1.82) is 0 Å². The molecule has 0 amide bonds. The Hall–Kier alpha value is -0.860. The summed E-state index contributed by atoms with van der Waals surface area (Å²) in [7, 11) is 0. The largest absolute Gasteiger partial charge is 0.329 e. The van der Waals surface area contributed by atoms with Crippen molar-refractivity contribution in [2.45, 2.75) is 56.5 Å². The predicted octanol–water partition coefficient (Wildman–Crippen LogP) is 3.44. The minimum absolute atomic E-state index is 0.441. The molecular formula is C18H26N2. The fourth-order valence-electron chi connectivity index (χ4n) is 3.41. The van der Waals surface area contributed by atoms with Crippen molar-refractivity contribution in [1.82, 2.24) is 4.90 Å². The van der Waals surface area contributed by atoms with Crippen molar-refractivity contribution in [2.24, 2.45) is 11.7 Å². The van der Waals surface area contributed by atoms with Gasteiger partial charge in [-0.15, -0.1) is 0 Å². The molecular weight excluding hydrogens is 244 g/mol. The van der Waals surface area contributed by atoms with Gasteiger partial charge in [0.15, 0.2) is 0 Å². The van der Waals surface area contributed by atoms with E-state index in [1.165, 1.54) is 56.2 Å². The minimum atomic E-state index is 0.441. The van der Waals surface area contributed by atoms with Crippen molar-refractivity contribution >= 4 is 0 Å². The van der Waals surface area contributed by atoms with Gasteiger partial charge in [0, 0.05) is 25.2 Å². The first-order valence-electron chi connectivity index (χ1n) is 8.41. The smallest absolute Gasteiger partial charge is 0.0473 e. The van der Waals surface area contributed by atoms with Crippen LogP contribution in [0.5, 0.6) is 0 Å². The van der Waals surface area contributed by atoms with Crippen LogP contribution < -0.4 is 5.73 Å². The van der Waals surface area contributed by atoms with Crippen molar-refractivity contribution in [3.63, 3.8) is 0 Å². The molecule has 2 heteroatoms. The Kier molecular flexibility index (Phi) is 3.31. The third-order valence-electron chi connectivity index (χ3n) is 5.18. The Bertz CT molecular complexity index is 455. The molecule has 4 rings (SSSR count). The Labute approximate surface area is 122 Å². The molecule has 20 heavy (non-hydrogen) atoms. The summed E-state index contributed by atoms with van der Waals surface area (Å²) in [6.45, 7) is 2.03. The monoisotopic (exact) mass is 270 g/mol. The zero-order valence-corrected chi connectivity index (χ0v) is 12.3. The maximum absolute atomic E-state index is 6.14. The summed E-state index contributed by atoms with van der Waals surface area (Å²) in [5, 5.41) is 0. The zero-order chi connectivity index (χ0) is 13.5. The van der Waals surface area contributed by atoms with Gasteiger partial charge in [0.1, 0.15) is 0 Å². The van der Waals surface area contributed by atoms with Gasteiger partial charge < -0.3 is 5.73 Å². The van der Waals surface area contributed by atoms with Crippen molar-refractivity contribution < 1.29 is 0 Å². The quantitative estimate of drug-likeness (QED) is 0.822. The van der Waals surface area contributed by atoms with Gasteiger partial charge in [-0.3, -0.25) is 4.90 Å². The maximum atomic E-state index is 6.14. The molecule has 108 valence electrons. The van der Waals surface area contributed by atoms with Gasteiger partial charge in [-0.2, -0.15) is 0 Å². The van der Waals surface area contributed by atoms with Crippen molar-refractivity contribution in [3.05, 3.63) is 35.4 Å². The number of hydrogen-bond donors (Lipinski definition) is 1. The van der Waals surface area contributed by atoms with Gasteiger partial charge in [0.2, 0.25) is 0 Å². The van der Waals surface area contributed by atoms with Gasteiger partial charge in [0.05, 0.1) is 0 Å². The van der Waals surface area contributed by atoms with E-state index in [1.807, 2.05) is 0 Å². The highest BCUT2D eigenvalue weighted by Gasteiger charge is 2.37. The van der Waals surface area contributed by atoms with Crippen molar-refractivity contribution in [3.8, 4) is 0 Å². The molecule has 0 spiro atoms. The molecule has 3 saturated carbocycles. The van der Waals surface area contributed by atoms with Crippen LogP contribution in [0.1, 0.15) is 61.6 Å². The molecule has 3 fully saturated rings. The van der Waals surface area contributed by atoms with Crippen LogP contribution in [0, 0.1) is 5.92 Å². The molecule has 2 N–H and O–H groups in total. The summed E-state index contributed by atoms with van der Waals surface area (Å²) in [6.07, 6.45) is 8.39. The summed E-state index contributed by atoms with van der Waals surface area (Å²) >= 11 is 0. The van der Waals surface area contributed by atoms with Crippen LogP contribution in [-0.2, 0) is 0 Å². The summed E-state index contributed by atoms with van der Waals surface area (Å²) in [5.74, 6) is 1.81. The molecule has 0 saturated heterocycles. The van der Waals surface area contributed by atoms with E-state index in [-0.39, 0.29) is 0 Å². The summed E-state index contributed by atoms with van der Waals surface area (Å²) < 4.78 is 0. The lowest BCUT2D eigenvalue weighted by atomic mass is 10.0. The lowest BCUT2D eigenvalue weighted by Gasteiger charge is -2.31. The van der Waals surface area contributed by atoms with Gasteiger partial charge in [-0.1, -0.05) is 24.3 Å². The highest BCUT2D eigenvalue weighted by atomic mass is 15.2. The van der Waals surface area contributed by atoms with Crippen LogP contribution in [0.4, 0.5) is 0 Å². The highest BCUT2D eigenvalue weighted by molar-refractivity contribution is 5.30. The van der Waals surface area contributed by atoms with E-state index in [9.17, 15) is 0 Å². The molecule has 3 aliphatic carbocycles. The average Bonchev–Trinajstić information content (AvgIpc) is 3.31. The highest BCUT2D eigenvalue weighted by Crippen LogP contribution is 2.42. The summed E-state index contributed by atoms with van der Waals surface area (Å²) in [6, 6.07) is 10.6. The fourth-order valence-corrected chi connectivity index (χ4v) is 3.41. The summed E-state index contributed by atoms with van der Waals surface area (Å²) in [5.41, 5.74) is 9.10. The number of rotatable bonds is 7. The van der Waals surface area contributed by atoms with Crippen LogP contribution in [0.25, 0.3) is 0 Å². The second-order valence-corrected chi connectivity index (χ2v) is 7.06. The van der Waals surface area contributed by atoms with Gasteiger partial charge in [-0.25, -0.2) is 0 Å². The first-order chi connectivity index (χ1) is 9.85. The van der Waals surface area contributed by atoms with Crippen LogP contribution in [0.3, 0.4) is 0 Å². The summed E-state index contributed by atoms with van der Waals surface area (Å²) in [4.78, 5) is 2.71. The lowest BCUT2D eigenvalue weighted by molar-refractivity contribution is 0.183. The van der Waals surface area contributed by atoms with E-state index in [2.05, 4.69) is 29.2 Å². The second-order valence-electron chi connectivity index (χ2n) is 7.06. The number of benzene rings is 1. The number of nitrogens with zero attached hydrogens (tertiary/aromatic N) is 1. The SMILES string of the molecule is NCC(c1ccc(C2CC2)cc1)N(CC1CC1)C1CC1. The third kappa shape index (κ3) is 2.77. The second kappa shape index (κ2) is 5.16. The van der Waals surface area contributed by atoms with Crippen molar-refractivity contribution in [2.75, 3.05) is 13.1 Å².